The second-order valence-corrected chi connectivity index (χ2v) is 4.72. The van der Waals surface area contributed by atoms with Crippen molar-refractivity contribution in [2.75, 3.05) is 7.05 Å². The van der Waals surface area contributed by atoms with E-state index in [4.69, 9.17) is 4.52 Å². The fourth-order valence-electron chi connectivity index (χ4n) is 2.16. The Morgan fingerprint density at radius 1 is 1.59 bits per heavy atom. The largest absolute Gasteiger partial charge is 0.361 e. The molecule has 1 aromatic rings. The number of aryl methyl sites for hydroxylation is 1. The van der Waals surface area contributed by atoms with Gasteiger partial charge >= 0.3 is 6.03 Å². The number of amides is 2. The molecule has 0 aromatic carbocycles. The minimum absolute atomic E-state index is 0.0300. The SMILES string of the molecule is Cc1cc(CN(C)C(=O)NC2CCCC2)no1. The first-order valence-electron chi connectivity index (χ1n) is 6.09. The van der Waals surface area contributed by atoms with Crippen LogP contribution < -0.4 is 5.32 Å². The Morgan fingerprint density at radius 2 is 2.29 bits per heavy atom. The van der Waals surface area contributed by atoms with Gasteiger partial charge in [-0.05, 0) is 19.8 Å². The van der Waals surface area contributed by atoms with E-state index < -0.39 is 0 Å². The van der Waals surface area contributed by atoms with Crippen LogP contribution in [0.1, 0.15) is 37.1 Å². The Labute approximate surface area is 101 Å². The first-order valence-corrected chi connectivity index (χ1v) is 6.09. The van der Waals surface area contributed by atoms with Crippen molar-refractivity contribution in [3.63, 3.8) is 0 Å². The molecule has 0 unspecified atom stereocenters. The molecular formula is C12H19N3O2. The lowest BCUT2D eigenvalue weighted by Gasteiger charge is -2.19. The molecule has 0 atom stereocenters. The average molecular weight is 237 g/mol. The fraction of sp³-hybridized carbons (Fsp3) is 0.667. The molecule has 94 valence electrons. The third-order valence-corrected chi connectivity index (χ3v) is 3.11. The zero-order chi connectivity index (χ0) is 12.3. The number of hydrogen-bond acceptors (Lipinski definition) is 3. The molecule has 5 nitrogen and oxygen atoms in total. The Balaban J connectivity index is 1.82. The first-order chi connectivity index (χ1) is 8.15. The number of urea groups is 1. The minimum atomic E-state index is -0.0300. The molecule has 1 fully saturated rings. The number of rotatable bonds is 3. The topological polar surface area (TPSA) is 58.4 Å². The summed E-state index contributed by atoms with van der Waals surface area (Å²) in [4.78, 5) is 13.5. The summed E-state index contributed by atoms with van der Waals surface area (Å²) in [6, 6.07) is 2.17. The zero-order valence-corrected chi connectivity index (χ0v) is 10.4. The summed E-state index contributed by atoms with van der Waals surface area (Å²) in [6.07, 6.45) is 4.64. The number of aromatic nitrogens is 1. The Kier molecular flexibility index (Phi) is 3.66. The van der Waals surface area contributed by atoms with E-state index in [0.29, 0.717) is 12.6 Å². The Morgan fingerprint density at radius 3 is 2.88 bits per heavy atom. The molecule has 0 radical (unpaired) electrons. The number of hydrogen-bond donors (Lipinski definition) is 1. The number of carbonyl (C=O) groups is 1. The highest BCUT2D eigenvalue weighted by molar-refractivity contribution is 5.74. The molecule has 17 heavy (non-hydrogen) atoms. The highest BCUT2D eigenvalue weighted by Crippen LogP contribution is 2.17. The Hall–Kier alpha value is -1.52. The van der Waals surface area contributed by atoms with Gasteiger partial charge in [0.15, 0.2) is 0 Å². The standard InChI is InChI=1S/C12H19N3O2/c1-9-7-11(14-17-9)8-15(2)12(16)13-10-5-3-4-6-10/h7,10H,3-6,8H2,1-2H3,(H,13,16). The van der Waals surface area contributed by atoms with Crippen LogP contribution in [-0.2, 0) is 6.54 Å². The molecule has 2 rings (SSSR count). The van der Waals surface area contributed by atoms with Gasteiger partial charge in [-0.1, -0.05) is 18.0 Å². The van der Waals surface area contributed by atoms with E-state index in [1.54, 1.807) is 11.9 Å². The van der Waals surface area contributed by atoms with Crippen molar-refractivity contribution in [1.29, 1.82) is 0 Å². The molecular weight excluding hydrogens is 218 g/mol. The van der Waals surface area contributed by atoms with Crippen molar-refractivity contribution in [3.05, 3.63) is 17.5 Å². The maximum atomic E-state index is 11.9. The molecule has 0 bridgehead atoms. The summed E-state index contributed by atoms with van der Waals surface area (Å²) < 4.78 is 4.97. The molecule has 5 heteroatoms. The normalized spacial score (nSPS) is 16.1. The minimum Gasteiger partial charge on any atom is -0.361 e. The monoisotopic (exact) mass is 237 g/mol. The maximum absolute atomic E-state index is 11.9. The number of nitrogens with zero attached hydrogens (tertiary/aromatic N) is 2. The van der Waals surface area contributed by atoms with Gasteiger partial charge in [0.2, 0.25) is 0 Å². The second-order valence-electron chi connectivity index (χ2n) is 4.72. The van der Waals surface area contributed by atoms with E-state index >= 15 is 0 Å². The van der Waals surface area contributed by atoms with Crippen molar-refractivity contribution in [3.8, 4) is 0 Å². The number of nitrogens with one attached hydrogen (secondary N) is 1. The molecule has 1 N–H and O–H groups in total. The molecule has 1 aliphatic carbocycles. The molecule has 1 heterocycles. The molecule has 1 saturated carbocycles. The van der Waals surface area contributed by atoms with E-state index in [-0.39, 0.29) is 6.03 Å². The lowest BCUT2D eigenvalue weighted by molar-refractivity contribution is 0.201. The molecule has 0 aliphatic heterocycles. The molecule has 2 amide bonds. The smallest absolute Gasteiger partial charge is 0.317 e. The second kappa shape index (κ2) is 5.21. The average Bonchev–Trinajstić information content (AvgIpc) is 2.90. The van der Waals surface area contributed by atoms with Crippen molar-refractivity contribution in [2.45, 2.75) is 45.2 Å². The van der Waals surface area contributed by atoms with Gasteiger partial charge in [-0.15, -0.1) is 0 Å². The summed E-state index contributed by atoms with van der Waals surface area (Å²) in [5.74, 6) is 0.768. The van der Waals surface area contributed by atoms with Gasteiger partial charge in [-0.3, -0.25) is 0 Å². The molecule has 0 saturated heterocycles. The van der Waals surface area contributed by atoms with Crippen LogP contribution in [0.5, 0.6) is 0 Å². The maximum Gasteiger partial charge on any atom is 0.317 e. The zero-order valence-electron chi connectivity index (χ0n) is 10.4. The predicted octanol–water partition coefficient (Wildman–Crippen LogP) is 2.07. The lowest BCUT2D eigenvalue weighted by Crippen LogP contribution is -2.41. The fourth-order valence-corrected chi connectivity index (χ4v) is 2.16. The van der Waals surface area contributed by atoms with Gasteiger partial charge in [-0.25, -0.2) is 4.79 Å². The Bertz CT molecular complexity index is 383. The van der Waals surface area contributed by atoms with Gasteiger partial charge in [0, 0.05) is 19.2 Å². The molecule has 1 aromatic heterocycles. The van der Waals surface area contributed by atoms with Crippen LogP contribution in [0.25, 0.3) is 0 Å². The highest BCUT2D eigenvalue weighted by Gasteiger charge is 2.19. The quantitative estimate of drug-likeness (QED) is 0.875. The number of carbonyl (C=O) groups excluding carboxylic acids is 1. The van der Waals surface area contributed by atoms with Gasteiger partial charge in [0.05, 0.1) is 6.54 Å². The van der Waals surface area contributed by atoms with Gasteiger partial charge in [-0.2, -0.15) is 0 Å². The van der Waals surface area contributed by atoms with Crippen LogP contribution in [0, 0.1) is 6.92 Å². The summed E-state index contributed by atoms with van der Waals surface area (Å²) >= 11 is 0. The summed E-state index contributed by atoms with van der Waals surface area (Å²) in [5, 5.41) is 6.91. The van der Waals surface area contributed by atoms with E-state index in [2.05, 4.69) is 10.5 Å². The summed E-state index contributed by atoms with van der Waals surface area (Å²) in [5.41, 5.74) is 0.784. The van der Waals surface area contributed by atoms with Crippen LogP contribution in [-0.4, -0.2) is 29.2 Å². The van der Waals surface area contributed by atoms with E-state index in [9.17, 15) is 4.79 Å². The molecule has 0 spiro atoms. The van der Waals surface area contributed by atoms with Crippen LogP contribution in [0.2, 0.25) is 0 Å². The van der Waals surface area contributed by atoms with Crippen LogP contribution >= 0.6 is 0 Å². The van der Waals surface area contributed by atoms with E-state index in [1.807, 2.05) is 13.0 Å². The first kappa shape index (κ1) is 12.0. The van der Waals surface area contributed by atoms with E-state index in [1.165, 1.54) is 12.8 Å². The van der Waals surface area contributed by atoms with Gasteiger partial charge < -0.3 is 14.7 Å². The van der Waals surface area contributed by atoms with Crippen LogP contribution in [0.3, 0.4) is 0 Å². The predicted molar refractivity (Wildman–Crippen MR) is 63.5 cm³/mol. The summed E-state index contributed by atoms with van der Waals surface area (Å²) in [7, 11) is 1.77. The van der Waals surface area contributed by atoms with Gasteiger partial charge in [0.25, 0.3) is 0 Å². The third-order valence-electron chi connectivity index (χ3n) is 3.11. The third kappa shape index (κ3) is 3.22. The van der Waals surface area contributed by atoms with Crippen molar-refractivity contribution in [2.24, 2.45) is 0 Å². The van der Waals surface area contributed by atoms with Crippen LogP contribution in [0.4, 0.5) is 4.79 Å². The van der Waals surface area contributed by atoms with Gasteiger partial charge in [0.1, 0.15) is 11.5 Å². The lowest BCUT2D eigenvalue weighted by atomic mass is 10.2. The van der Waals surface area contributed by atoms with Crippen molar-refractivity contribution >= 4 is 6.03 Å². The van der Waals surface area contributed by atoms with Crippen LogP contribution in [0.15, 0.2) is 10.6 Å². The van der Waals surface area contributed by atoms with Crippen molar-refractivity contribution < 1.29 is 9.32 Å². The van der Waals surface area contributed by atoms with E-state index in [0.717, 1.165) is 24.3 Å². The molecule has 1 aliphatic rings. The highest BCUT2D eigenvalue weighted by atomic mass is 16.5. The summed E-state index contributed by atoms with van der Waals surface area (Å²) in [6.45, 7) is 2.32. The van der Waals surface area contributed by atoms with Crippen molar-refractivity contribution in [1.82, 2.24) is 15.4 Å².